The molecule has 3 aromatic rings. The molecule has 0 N–H and O–H groups in total. The summed E-state index contributed by atoms with van der Waals surface area (Å²) in [7, 11) is 0. The molecule has 0 fully saturated rings. The fourth-order valence-electron chi connectivity index (χ4n) is 3.79. The Kier molecular flexibility index (Phi) is 6.91. The van der Waals surface area contributed by atoms with Crippen molar-refractivity contribution >= 4 is 33.1 Å². The van der Waals surface area contributed by atoms with Gasteiger partial charge in [0.25, 0.3) is 0 Å². The van der Waals surface area contributed by atoms with Crippen LogP contribution in [-0.4, -0.2) is 25.7 Å². The Hall–Kier alpha value is -1.70. The fourth-order valence-corrected chi connectivity index (χ4v) is 9.82. The van der Waals surface area contributed by atoms with Crippen molar-refractivity contribution in [2.24, 2.45) is 0 Å². The Bertz CT molecular complexity index is 750. The van der Waals surface area contributed by atoms with Gasteiger partial charge >= 0.3 is 173 Å². The molecule has 0 atom stereocenters. The van der Waals surface area contributed by atoms with E-state index in [0.717, 1.165) is 15.9 Å². The van der Waals surface area contributed by atoms with Crippen LogP contribution in [0.25, 0.3) is 0 Å². The molecule has 0 radical (unpaired) electrons. The monoisotopic (exact) mass is 414 g/mol. The van der Waals surface area contributed by atoms with Crippen LogP contribution >= 0.6 is 17.2 Å². The van der Waals surface area contributed by atoms with E-state index in [4.69, 9.17) is 20.7 Å². The van der Waals surface area contributed by atoms with Gasteiger partial charge in [0.15, 0.2) is 0 Å². The number of rotatable bonds is 9. The molecule has 0 aliphatic heterocycles. The molecule has 0 aromatic heterocycles. The molecule has 4 heteroatoms. The van der Waals surface area contributed by atoms with Gasteiger partial charge in [-0.15, -0.1) is 0 Å². The van der Waals surface area contributed by atoms with Crippen LogP contribution in [-0.2, 0) is 9.47 Å². The van der Waals surface area contributed by atoms with Gasteiger partial charge in [-0.05, 0) is 0 Å². The molecule has 0 saturated carbocycles. The van der Waals surface area contributed by atoms with Gasteiger partial charge in [0.2, 0.25) is 0 Å². The van der Waals surface area contributed by atoms with Crippen LogP contribution in [0.1, 0.15) is 13.8 Å². The summed E-state index contributed by atoms with van der Waals surface area (Å²) < 4.78 is 12.0. The van der Waals surface area contributed by atoms with Crippen molar-refractivity contribution in [3.05, 3.63) is 91.0 Å². The molecule has 0 bridgehead atoms. The zero-order valence-corrected chi connectivity index (χ0v) is 18.2. The molecule has 0 aliphatic carbocycles. The van der Waals surface area contributed by atoms with Crippen molar-refractivity contribution in [3.8, 4) is 0 Å². The summed E-state index contributed by atoms with van der Waals surface area (Å²) in [6.45, 7) is 5.13. The van der Waals surface area contributed by atoms with Crippen LogP contribution in [0.2, 0.25) is 0 Å². The molecule has 148 valence electrons. The van der Waals surface area contributed by atoms with Gasteiger partial charge in [-0.2, -0.15) is 0 Å². The van der Waals surface area contributed by atoms with E-state index < -0.39 is 5.96 Å². The zero-order valence-electron chi connectivity index (χ0n) is 16.5. The van der Waals surface area contributed by atoms with E-state index >= 15 is 0 Å². The van der Waals surface area contributed by atoms with Gasteiger partial charge in [-0.25, -0.2) is 0 Å². The molecular formula is C24H28ClO2P. The average Bonchev–Trinajstić information content (AvgIpc) is 2.76. The first-order chi connectivity index (χ1) is 13.6. The average molecular weight is 415 g/mol. The minimum absolute atomic E-state index is 0.384. The summed E-state index contributed by atoms with van der Waals surface area (Å²) in [5.74, 6) is -3.35. The predicted octanol–water partition coefficient (Wildman–Crippen LogP) is 5.07. The van der Waals surface area contributed by atoms with Gasteiger partial charge in [0, 0.05) is 0 Å². The van der Waals surface area contributed by atoms with Crippen molar-refractivity contribution in [1.29, 1.82) is 0 Å². The molecule has 0 heterocycles. The van der Waals surface area contributed by atoms with Gasteiger partial charge in [0.1, 0.15) is 0 Å². The standard InChI is InChI=1S/C24H28ClO2P/c1-3-26-24(27-4-2)20-28(25,21-14-8-5-9-15-21,22-16-10-6-11-17-22)23-18-12-7-13-19-23/h5-19,24H,3-4,20H2,1-2H3. The van der Waals surface area contributed by atoms with Gasteiger partial charge in [0.05, 0.1) is 0 Å². The van der Waals surface area contributed by atoms with E-state index in [0.29, 0.717) is 19.4 Å². The molecule has 3 aromatic carbocycles. The fraction of sp³-hybridized carbons (Fsp3) is 0.250. The van der Waals surface area contributed by atoms with Crippen molar-refractivity contribution < 1.29 is 9.47 Å². The Morgan fingerprint density at radius 3 is 1.25 bits per heavy atom. The third-order valence-corrected chi connectivity index (χ3v) is 12.4. The van der Waals surface area contributed by atoms with Crippen LogP contribution in [0.15, 0.2) is 91.0 Å². The molecule has 0 unspecified atom stereocenters. The Labute approximate surface area is 173 Å². The first-order valence-electron chi connectivity index (χ1n) is 9.76. The summed E-state index contributed by atoms with van der Waals surface area (Å²) in [5.41, 5.74) is 0. The van der Waals surface area contributed by atoms with Gasteiger partial charge in [-0.3, -0.25) is 0 Å². The second-order valence-electron chi connectivity index (χ2n) is 6.71. The predicted molar refractivity (Wildman–Crippen MR) is 123 cm³/mol. The molecule has 28 heavy (non-hydrogen) atoms. The maximum absolute atomic E-state index is 8.01. The van der Waals surface area contributed by atoms with E-state index in [1.165, 1.54) is 0 Å². The SMILES string of the molecule is CCOC(CP(Cl)(c1ccccc1)(c1ccccc1)c1ccccc1)OCC. The van der Waals surface area contributed by atoms with Crippen LogP contribution in [0.5, 0.6) is 0 Å². The Morgan fingerprint density at radius 1 is 0.643 bits per heavy atom. The number of ether oxygens (including phenoxy) is 2. The third-order valence-electron chi connectivity index (χ3n) is 5.08. The normalized spacial score (nSPS) is 13.2. The number of hydrogen-bond donors (Lipinski definition) is 0. The van der Waals surface area contributed by atoms with E-state index in [-0.39, 0.29) is 6.29 Å². The van der Waals surface area contributed by atoms with Crippen molar-refractivity contribution in [2.45, 2.75) is 20.1 Å². The number of benzene rings is 3. The molecule has 0 aliphatic rings. The molecule has 0 amide bonds. The van der Waals surface area contributed by atoms with E-state index in [2.05, 4.69) is 72.8 Å². The van der Waals surface area contributed by atoms with Crippen LogP contribution in [0, 0.1) is 0 Å². The number of halogens is 1. The molecule has 2 nitrogen and oxygen atoms in total. The quantitative estimate of drug-likeness (QED) is 0.359. The first kappa shape index (κ1) is 21.0. The zero-order chi connectivity index (χ0) is 19.9. The molecule has 0 spiro atoms. The van der Waals surface area contributed by atoms with Crippen molar-refractivity contribution in [2.75, 3.05) is 19.4 Å². The van der Waals surface area contributed by atoms with Crippen LogP contribution in [0.4, 0.5) is 0 Å². The van der Waals surface area contributed by atoms with Crippen molar-refractivity contribution in [1.82, 2.24) is 0 Å². The first-order valence-corrected chi connectivity index (χ1v) is 13.1. The summed E-state index contributed by atoms with van der Waals surface area (Å²) >= 11 is 8.01. The Balaban J connectivity index is 2.33. The van der Waals surface area contributed by atoms with E-state index in [1.54, 1.807) is 0 Å². The third kappa shape index (κ3) is 3.88. The molecule has 0 saturated heterocycles. The minimum atomic E-state index is -3.35. The summed E-state index contributed by atoms with van der Waals surface area (Å²) in [5, 5.41) is 3.37. The maximum atomic E-state index is 8.01. The topological polar surface area (TPSA) is 18.5 Å². The summed E-state index contributed by atoms with van der Waals surface area (Å²) in [6, 6.07) is 31.3. The van der Waals surface area contributed by atoms with Crippen LogP contribution < -0.4 is 15.9 Å². The summed E-state index contributed by atoms with van der Waals surface area (Å²) in [6.07, 6.45) is 0.193. The van der Waals surface area contributed by atoms with E-state index in [1.807, 2.05) is 32.0 Å². The van der Waals surface area contributed by atoms with E-state index in [9.17, 15) is 0 Å². The van der Waals surface area contributed by atoms with Gasteiger partial charge < -0.3 is 0 Å². The van der Waals surface area contributed by atoms with Crippen LogP contribution in [0.3, 0.4) is 0 Å². The molecule has 3 rings (SSSR count). The van der Waals surface area contributed by atoms with Gasteiger partial charge in [-0.1, -0.05) is 0 Å². The second-order valence-corrected chi connectivity index (χ2v) is 13.2. The van der Waals surface area contributed by atoms with Crippen molar-refractivity contribution in [3.63, 3.8) is 0 Å². The number of hydrogen-bond acceptors (Lipinski definition) is 2. The Morgan fingerprint density at radius 2 is 0.964 bits per heavy atom. The summed E-state index contributed by atoms with van der Waals surface area (Å²) in [4.78, 5) is 0. The second kappa shape index (κ2) is 9.20. The molecular weight excluding hydrogens is 387 g/mol.